The molecule has 2 heterocycles. The van der Waals surface area contributed by atoms with Gasteiger partial charge >= 0.3 is 0 Å². The Morgan fingerprint density at radius 2 is 1.72 bits per heavy atom. The maximum absolute atomic E-state index is 4.47. The average Bonchev–Trinajstić information content (AvgIpc) is 3.09. The van der Waals surface area contributed by atoms with Gasteiger partial charge < -0.3 is 4.90 Å². The van der Waals surface area contributed by atoms with Gasteiger partial charge in [-0.1, -0.05) is 36.8 Å². The summed E-state index contributed by atoms with van der Waals surface area (Å²) in [7, 11) is 2.18. The molecule has 6 heteroatoms. The summed E-state index contributed by atoms with van der Waals surface area (Å²) in [6.45, 7) is 12.9. The topological polar surface area (TPSA) is 50.1 Å². The van der Waals surface area contributed by atoms with E-state index in [-0.39, 0.29) is 11.6 Å². The molecule has 25 heavy (non-hydrogen) atoms. The Labute approximate surface area is 150 Å². The predicted molar refractivity (Wildman–Crippen MR) is 99.5 cm³/mol. The van der Waals surface area contributed by atoms with Crippen LogP contribution < -0.4 is 0 Å². The number of aromatic nitrogens is 4. The molecule has 1 aromatic heterocycles. The number of benzene rings is 1. The van der Waals surface area contributed by atoms with Crippen molar-refractivity contribution in [2.45, 2.75) is 45.7 Å². The second-order valence-electron chi connectivity index (χ2n) is 7.77. The fourth-order valence-corrected chi connectivity index (χ4v) is 3.30. The average molecular weight is 342 g/mol. The van der Waals surface area contributed by atoms with Gasteiger partial charge in [-0.2, -0.15) is 0 Å². The summed E-state index contributed by atoms with van der Waals surface area (Å²) in [6.07, 6.45) is 0.981. The lowest BCUT2D eigenvalue weighted by Crippen LogP contribution is -2.47. The van der Waals surface area contributed by atoms with E-state index in [0.29, 0.717) is 0 Å². The van der Waals surface area contributed by atoms with Crippen LogP contribution in [0, 0.1) is 6.92 Å². The molecule has 0 unspecified atom stereocenters. The minimum absolute atomic E-state index is 0.0927. The van der Waals surface area contributed by atoms with E-state index < -0.39 is 0 Å². The van der Waals surface area contributed by atoms with E-state index >= 15 is 0 Å². The van der Waals surface area contributed by atoms with Crippen LogP contribution in [0.4, 0.5) is 0 Å². The highest BCUT2D eigenvalue weighted by atomic mass is 15.6. The van der Waals surface area contributed by atoms with Crippen LogP contribution in [0.5, 0.6) is 0 Å². The third kappa shape index (κ3) is 3.75. The number of hydrogen-bond acceptors (Lipinski definition) is 5. The lowest BCUT2D eigenvalue weighted by atomic mass is 9.98. The van der Waals surface area contributed by atoms with Crippen LogP contribution in [0.15, 0.2) is 24.3 Å². The summed E-state index contributed by atoms with van der Waals surface area (Å²) in [5, 5.41) is 12.9. The normalized spacial score (nSPS) is 18.4. The summed E-state index contributed by atoms with van der Waals surface area (Å²) in [5.41, 5.74) is 2.43. The monoisotopic (exact) mass is 342 g/mol. The van der Waals surface area contributed by atoms with E-state index in [2.05, 4.69) is 84.3 Å². The number of tetrazole rings is 1. The minimum atomic E-state index is -0.103. The van der Waals surface area contributed by atoms with Gasteiger partial charge in [0.1, 0.15) is 0 Å². The molecule has 0 amide bonds. The first-order valence-electron chi connectivity index (χ1n) is 9.20. The van der Waals surface area contributed by atoms with Crippen LogP contribution in [0.3, 0.4) is 0 Å². The predicted octanol–water partition coefficient (Wildman–Crippen LogP) is 2.46. The van der Waals surface area contributed by atoms with E-state index in [1.165, 1.54) is 11.1 Å². The van der Waals surface area contributed by atoms with Crippen molar-refractivity contribution in [1.82, 2.24) is 30.0 Å². The van der Waals surface area contributed by atoms with Crippen molar-refractivity contribution < 1.29 is 0 Å². The number of hydrogen-bond donors (Lipinski definition) is 0. The molecule has 1 saturated heterocycles. The summed E-state index contributed by atoms with van der Waals surface area (Å²) in [4.78, 5) is 4.89. The van der Waals surface area contributed by atoms with Crippen molar-refractivity contribution in [3.8, 4) is 0 Å². The summed E-state index contributed by atoms with van der Waals surface area (Å²) >= 11 is 0. The molecule has 136 valence electrons. The van der Waals surface area contributed by atoms with Gasteiger partial charge in [-0.25, -0.2) is 4.68 Å². The first-order valence-corrected chi connectivity index (χ1v) is 9.20. The standard InChI is InChI=1S/C19H30N6/c1-6-19(3,4)25-18(20-21-22-25)17(16-9-7-15(2)8-10-16)24-13-11-23(5)12-14-24/h7-10,17H,6,11-14H2,1-5H3/t17-/m0/s1. The lowest BCUT2D eigenvalue weighted by molar-refractivity contribution is 0.117. The van der Waals surface area contributed by atoms with Crippen molar-refractivity contribution in [2.75, 3.05) is 33.2 Å². The molecular weight excluding hydrogens is 312 g/mol. The Hall–Kier alpha value is -1.79. The molecule has 0 N–H and O–H groups in total. The summed E-state index contributed by atoms with van der Waals surface area (Å²) < 4.78 is 2.02. The Morgan fingerprint density at radius 1 is 1.08 bits per heavy atom. The molecule has 1 aliphatic rings. The van der Waals surface area contributed by atoms with E-state index in [9.17, 15) is 0 Å². The van der Waals surface area contributed by atoms with Gasteiger partial charge in [-0.15, -0.1) is 5.10 Å². The fraction of sp³-hybridized carbons (Fsp3) is 0.632. The van der Waals surface area contributed by atoms with E-state index in [4.69, 9.17) is 0 Å². The van der Waals surface area contributed by atoms with Crippen molar-refractivity contribution in [2.24, 2.45) is 0 Å². The highest BCUT2D eigenvalue weighted by Gasteiger charge is 2.33. The first kappa shape index (κ1) is 18.0. The molecule has 1 aliphatic heterocycles. The van der Waals surface area contributed by atoms with Crippen LogP contribution in [0.1, 0.15) is 50.2 Å². The minimum Gasteiger partial charge on any atom is -0.304 e. The highest BCUT2D eigenvalue weighted by Crippen LogP contribution is 2.31. The molecule has 6 nitrogen and oxygen atoms in total. The number of likely N-dealkylation sites (N-methyl/N-ethyl adjacent to an activating group) is 1. The second-order valence-corrected chi connectivity index (χ2v) is 7.77. The molecular formula is C19H30N6. The summed E-state index contributed by atoms with van der Waals surface area (Å²) in [5.74, 6) is 0.945. The molecule has 0 saturated carbocycles. The van der Waals surface area contributed by atoms with Gasteiger partial charge in [0.2, 0.25) is 0 Å². The van der Waals surface area contributed by atoms with Gasteiger partial charge in [0, 0.05) is 26.2 Å². The molecule has 1 atom stereocenters. The number of aryl methyl sites for hydroxylation is 1. The Bertz CT molecular complexity index is 682. The largest absolute Gasteiger partial charge is 0.304 e. The molecule has 2 aromatic rings. The molecule has 0 aliphatic carbocycles. The van der Waals surface area contributed by atoms with Gasteiger partial charge in [0.25, 0.3) is 0 Å². The maximum Gasteiger partial charge on any atom is 0.173 e. The quantitative estimate of drug-likeness (QED) is 0.835. The van der Waals surface area contributed by atoms with E-state index in [1.54, 1.807) is 0 Å². The van der Waals surface area contributed by atoms with Crippen molar-refractivity contribution in [1.29, 1.82) is 0 Å². The second kappa shape index (κ2) is 7.22. The zero-order valence-corrected chi connectivity index (χ0v) is 16.1. The summed E-state index contributed by atoms with van der Waals surface area (Å²) in [6, 6.07) is 8.89. The number of nitrogens with zero attached hydrogens (tertiary/aromatic N) is 6. The van der Waals surface area contributed by atoms with E-state index in [1.807, 2.05) is 4.68 Å². The van der Waals surface area contributed by atoms with Crippen LogP contribution in [-0.4, -0.2) is 63.2 Å². The third-order valence-corrected chi connectivity index (χ3v) is 5.47. The Balaban J connectivity index is 2.03. The zero-order valence-electron chi connectivity index (χ0n) is 16.1. The number of piperazine rings is 1. The van der Waals surface area contributed by atoms with Crippen molar-refractivity contribution in [3.05, 3.63) is 41.2 Å². The van der Waals surface area contributed by atoms with Crippen LogP contribution in [-0.2, 0) is 5.54 Å². The molecule has 1 aromatic carbocycles. The van der Waals surface area contributed by atoms with E-state index in [0.717, 1.165) is 38.4 Å². The van der Waals surface area contributed by atoms with Gasteiger partial charge in [-0.3, -0.25) is 4.90 Å². The van der Waals surface area contributed by atoms with Gasteiger partial charge in [0.15, 0.2) is 5.82 Å². The highest BCUT2D eigenvalue weighted by molar-refractivity contribution is 5.28. The van der Waals surface area contributed by atoms with Crippen LogP contribution in [0.25, 0.3) is 0 Å². The molecule has 3 rings (SSSR count). The van der Waals surface area contributed by atoms with Crippen molar-refractivity contribution in [3.63, 3.8) is 0 Å². The molecule has 1 fully saturated rings. The molecule has 0 spiro atoms. The SMILES string of the molecule is CCC(C)(C)n1nnnc1[C@H](c1ccc(C)cc1)N1CCN(C)CC1. The van der Waals surface area contributed by atoms with Crippen molar-refractivity contribution >= 4 is 0 Å². The number of rotatable bonds is 5. The lowest BCUT2D eigenvalue weighted by Gasteiger charge is -2.38. The Kier molecular flexibility index (Phi) is 5.20. The molecule has 0 bridgehead atoms. The third-order valence-electron chi connectivity index (χ3n) is 5.47. The van der Waals surface area contributed by atoms with Crippen LogP contribution in [0.2, 0.25) is 0 Å². The maximum atomic E-state index is 4.47. The first-order chi connectivity index (χ1) is 11.9. The van der Waals surface area contributed by atoms with Crippen LogP contribution >= 0.6 is 0 Å². The zero-order chi connectivity index (χ0) is 18.0. The van der Waals surface area contributed by atoms with Gasteiger partial charge in [-0.05, 0) is 50.2 Å². The van der Waals surface area contributed by atoms with Gasteiger partial charge in [0.05, 0.1) is 11.6 Å². The molecule has 0 radical (unpaired) electrons. The Morgan fingerprint density at radius 3 is 2.32 bits per heavy atom. The smallest absolute Gasteiger partial charge is 0.173 e. The fourth-order valence-electron chi connectivity index (χ4n) is 3.30.